The molecule has 9 heteroatoms. The van der Waals surface area contributed by atoms with E-state index in [0.29, 0.717) is 28.7 Å². The molecule has 4 aromatic heterocycles. The summed E-state index contributed by atoms with van der Waals surface area (Å²) in [7, 11) is 3.72. The largest absolute Gasteiger partial charge is 0.493 e. The van der Waals surface area contributed by atoms with E-state index in [1.165, 1.54) is 6.33 Å². The van der Waals surface area contributed by atoms with Gasteiger partial charge in [-0.05, 0) is 62.5 Å². The molecular weight excluding hydrogens is 421 g/mol. The number of piperidine rings is 1. The molecule has 0 bridgehead atoms. The van der Waals surface area contributed by atoms with E-state index in [0.717, 1.165) is 48.3 Å². The van der Waals surface area contributed by atoms with Crippen LogP contribution >= 0.6 is 0 Å². The van der Waals surface area contributed by atoms with Gasteiger partial charge >= 0.3 is 0 Å². The second kappa shape index (κ2) is 8.55. The first-order valence-electron chi connectivity index (χ1n) is 11.3. The van der Waals surface area contributed by atoms with Crippen LogP contribution in [0.25, 0.3) is 28.3 Å². The summed E-state index contributed by atoms with van der Waals surface area (Å²) >= 11 is 0. The van der Waals surface area contributed by atoms with Gasteiger partial charge in [-0.2, -0.15) is 10.2 Å². The van der Waals surface area contributed by atoms with Gasteiger partial charge in [-0.1, -0.05) is 13.8 Å². The number of rotatable bonds is 5. The van der Waals surface area contributed by atoms with E-state index in [4.69, 9.17) is 4.74 Å². The third-order valence-electron chi connectivity index (χ3n) is 6.51. The molecule has 0 atom stereocenters. The number of aromatic amines is 1. The Morgan fingerprint density at radius 3 is 2.64 bits per heavy atom. The zero-order valence-electron chi connectivity index (χ0n) is 19.3. The third-order valence-corrected chi connectivity index (χ3v) is 6.51. The Balaban J connectivity index is 1.55. The summed E-state index contributed by atoms with van der Waals surface area (Å²) in [6.45, 7) is 6.17. The summed E-state index contributed by atoms with van der Waals surface area (Å²) in [5.74, 6) is 0.700. The summed E-state index contributed by atoms with van der Waals surface area (Å²) in [6, 6.07) is 3.52. The third kappa shape index (κ3) is 3.86. The van der Waals surface area contributed by atoms with Crippen molar-refractivity contribution in [1.29, 1.82) is 0 Å². The van der Waals surface area contributed by atoms with Crippen LogP contribution < -0.4 is 4.74 Å². The van der Waals surface area contributed by atoms with Crippen molar-refractivity contribution < 1.29 is 9.13 Å². The molecule has 0 amide bonds. The number of halogens is 1. The fourth-order valence-electron chi connectivity index (χ4n) is 4.69. The Hall–Kier alpha value is -3.33. The lowest BCUT2D eigenvalue weighted by Crippen LogP contribution is -2.29. The van der Waals surface area contributed by atoms with E-state index in [-0.39, 0.29) is 11.7 Å². The smallest absolute Gasteiger partial charge is 0.197 e. The first-order chi connectivity index (χ1) is 16.0. The van der Waals surface area contributed by atoms with E-state index in [2.05, 4.69) is 51.1 Å². The maximum Gasteiger partial charge on any atom is 0.197 e. The van der Waals surface area contributed by atoms with Crippen molar-refractivity contribution >= 4 is 5.65 Å². The van der Waals surface area contributed by atoms with Gasteiger partial charge in [0, 0.05) is 23.5 Å². The molecule has 0 spiro atoms. The molecule has 1 aliphatic rings. The highest BCUT2D eigenvalue weighted by Gasteiger charge is 2.25. The zero-order valence-corrected chi connectivity index (χ0v) is 19.3. The number of methoxy groups -OCH3 is 1. The number of pyridine rings is 2. The second-order valence-corrected chi connectivity index (χ2v) is 9.02. The minimum atomic E-state index is -0.326. The number of aromatic nitrogens is 6. The van der Waals surface area contributed by atoms with E-state index in [1.54, 1.807) is 17.7 Å². The van der Waals surface area contributed by atoms with E-state index in [9.17, 15) is 0 Å². The number of nitrogens with one attached hydrogen (secondary N) is 1. The first-order valence-corrected chi connectivity index (χ1v) is 11.3. The van der Waals surface area contributed by atoms with Crippen molar-refractivity contribution in [2.24, 2.45) is 0 Å². The first kappa shape index (κ1) is 21.5. The Labute approximate surface area is 191 Å². The molecule has 1 aliphatic heterocycles. The lowest BCUT2D eigenvalue weighted by Gasteiger charge is -2.29. The minimum Gasteiger partial charge on any atom is -0.493 e. The lowest BCUT2D eigenvalue weighted by molar-refractivity contribution is 0.255. The predicted molar refractivity (Wildman–Crippen MR) is 124 cm³/mol. The van der Waals surface area contributed by atoms with E-state index >= 15 is 4.39 Å². The van der Waals surface area contributed by atoms with Crippen LogP contribution in [0.4, 0.5) is 4.39 Å². The van der Waals surface area contributed by atoms with Crippen molar-refractivity contribution in [2.45, 2.75) is 38.5 Å². The van der Waals surface area contributed by atoms with Crippen LogP contribution in [0.5, 0.6) is 5.75 Å². The van der Waals surface area contributed by atoms with Gasteiger partial charge < -0.3 is 9.64 Å². The molecule has 5 rings (SSSR count). The zero-order chi connectivity index (χ0) is 23.1. The van der Waals surface area contributed by atoms with E-state index in [1.807, 2.05) is 18.5 Å². The molecule has 1 N–H and O–H groups in total. The van der Waals surface area contributed by atoms with Crippen LogP contribution in [0, 0.1) is 5.82 Å². The van der Waals surface area contributed by atoms with Crippen LogP contribution in [0.1, 0.15) is 49.7 Å². The fraction of sp³-hybridized carbons (Fsp3) is 0.417. The van der Waals surface area contributed by atoms with Crippen LogP contribution in [-0.4, -0.2) is 61.9 Å². The second-order valence-electron chi connectivity index (χ2n) is 9.02. The average Bonchev–Trinajstić information content (AvgIpc) is 3.46. The number of nitrogens with zero attached hydrogens (tertiary/aromatic N) is 6. The highest BCUT2D eigenvalue weighted by molar-refractivity contribution is 5.75. The van der Waals surface area contributed by atoms with Crippen molar-refractivity contribution in [3.8, 4) is 28.4 Å². The highest BCUT2D eigenvalue weighted by atomic mass is 19.1. The molecule has 1 saturated heterocycles. The number of fused-ring (bicyclic) bond motifs is 1. The van der Waals surface area contributed by atoms with Gasteiger partial charge in [0.15, 0.2) is 17.2 Å². The Morgan fingerprint density at radius 1 is 1.15 bits per heavy atom. The molecule has 0 saturated carbocycles. The maximum atomic E-state index is 15.3. The van der Waals surface area contributed by atoms with E-state index < -0.39 is 0 Å². The quantitative estimate of drug-likeness (QED) is 0.490. The number of ether oxygens (including phenoxy) is 1. The normalized spacial score (nSPS) is 15.6. The van der Waals surface area contributed by atoms with Crippen molar-refractivity contribution in [2.75, 3.05) is 27.2 Å². The SMILES string of the molecule is COc1cc(-c2n[nH]c(-c3ncc(C4CCN(C)CC4)cc3F)c2C(C)C)cn2ncnc12. The van der Waals surface area contributed by atoms with Gasteiger partial charge in [0.25, 0.3) is 0 Å². The van der Waals surface area contributed by atoms with Crippen LogP contribution in [-0.2, 0) is 0 Å². The molecule has 0 aromatic carbocycles. The average molecular weight is 450 g/mol. The summed E-state index contributed by atoms with van der Waals surface area (Å²) in [6.07, 6.45) is 7.20. The lowest BCUT2D eigenvalue weighted by atomic mass is 9.90. The van der Waals surface area contributed by atoms with Gasteiger partial charge in [0.05, 0.1) is 18.5 Å². The Bertz CT molecular complexity index is 1290. The number of hydrogen-bond acceptors (Lipinski definition) is 6. The molecule has 0 unspecified atom stereocenters. The number of hydrogen-bond donors (Lipinski definition) is 1. The molecule has 8 nitrogen and oxygen atoms in total. The molecule has 1 fully saturated rings. The van der Waals surface area contributed by atoms with Gasteiger partial charge in [0.1, 0.15) is 12.0 Å². The molecule has 5 heterocycles. The molecule has 33 heavy (non-hydrogen) atoms. The fourth-order valence-corrected chi connectivity index (χ4v) is 4.69. The van der Waals surface area contributed by atoms with Crippen LogP contribution in [0.2, 0.25) is 0 Å². The summed E-state index contributed by atoms with van der Waals surface area (Å²) < 4.78 is 22.5. The van der Waals surface area contributed by atoms with Crippen molar-refractivity contribution in [1.82, 2.24) is 34.7 Å². The topological polar surface area (TPSA) is 84.2 Å². The van der Waals surface area contributed by atoms with Gasteiger partial charge in [-0.25, -0.2) is 13.9 Å². The summed E-state index contributed by atoms with van der Waals surface area (Å²) in [5.41, 5.74) is 4.91. The molecule has 172 valence electrons. The molecule has 4 aromatic rings. The molecule has 0 aliphatic carbocycles. The maximum absolute atomic E-state index is 15.3. The summed E-state index contributed by atoms with van der Waals surface area (Å²) in [5, 5.41) is 11.8. The predicted octanol–water partition coefficient (Wildman–Crippen LogP) is 4.26. The molecular formula is C24H28FN7O. The molecule has 0 radical (unpaired) electrons. The van der Waals surface area contributed by atoms with Crippen molar-refractivity contribution in [3.05, 3.63) is 47.8 Å². The summed E-state index contributed by atoms with van der Waals surface area (Å²) in [4.78, 5) is 11.1. The standard InChI is InChI=1S/C24H28FN7O/c1-14(2)20-21(17-10-19(33-4)24-27-13-28-32(24)12-17)29-30-23(20)22-18(25)9-16(11-26-22)15-5-7-31(3)8-6-15/h9-15H,5-8H2,1-4H3,(H,29,30). The van der Waals surface area contributed by atoms with Gasteiger partial charge in [-0.3, -0.25) is 10.1 Å². The highest BCUT2D eigenvalue weighted by Crippen LogP contribution is 2.38. The van der Waals surface area contributed by atoms with Crippen LogP contribution in [0.15, 0.2) is 30.9 Å². The van der Waals surface area contributed by atoms with Crippen LogP contribution in [0.3, 0.4) is 0 Å². The number of H-pyrrole nitrogens is 1. The minimum absolute atomic E-state index is 0.0842. The van der Waals surface area contributed by atoms with Gasteiger partial charge in [0.2, 0.25) is 0 Å². The van der Waals surface area contributed by atoms with Crippen molar-refractivity contribution in [3.63, 3.8) is 0 Å². The Morgan fingerprint density at radius 2 is 1.94 bits per heavy atom. The Kier molecular flexibility index (Phi) is 5.57. The van der Waals surface area contributed by atoms with Gasteiger partial charge in [-0.15, -0.1) is 0 Å². The number of likely N-dealkylation sites (tertiary alicyclic amines) is 1. The monoisotopic (exact) mass is 449 g/mol.